The molecular weight excluding hydrogens is 564 g/mol. The van der Waals surface area contributed by atoms with Crippen LogP contribution in [-0.4, -0.2) is 37.2 Å². The maximum atomic E-state index is 14.0. The molecule has 0 saturated heterocycles. The Kier molecular flexibility index (Phi) is 8.46. The molecule has 1 aliphatic heterocycles. The minimum absolute atomic E-state index is 0.0881. The third kappa shape index (κ3) is 6.01. The molecule has 0 bridgehead atoms. The number of esters is 1. The van der Waals surface area contributed by atoms with Gasteiger partial charge in [0, 0.05) is 11.2 Å². The van der Waals surface area contributed by atoms with Crippen LogP contribution in [-0.2, 0) is 22.6 Å². The van der Waals surface area contributed by atoms with E-state index in [0.717, 1.165) is 21.6 Å². The molecule has 2 heterocycles. The van der Waals surface area contributed by atoms with Gasteiger partial charge in [-0.3, -0.25) is 14.7 Å². The molecule has 0 spiro atoms. The zero-order chi connectivity index (χ0) is 29.1. The molecule has 5 rings (SSSR count). The average molecular weight is 593 g/mol. The van der Waals surface area contributed by atoms with Crippen LogP contribution in [0.25, 0.3) is 0 Å². The van der Waals surface area contributed by atoms with Crippen LogP contribution in [0, 0.1) is 0 Å². The highest BCUT2D eigenvalue weighted by Gasteiger charge is 2.37. The van der Waals surface area contributed by atoms with Crippen molar-refractivity contribution in [1.29, 1.82) is 0 Å². The fourth-order valence-electron chi connectivity index (χ4n) is 4.85. The van der Waals surface area contributed by atoms with E-state index in [0.29, 0.717) is 33.5 Å². The average Bonchev–Trinajstić information content (AvgIpc) is 3.49. The first kappa shape index (κ1) is 28.4. The van der Waals surface area contributed by atoms with Crippen LogP contribution in [0.2, 0.25) is 5.02 Å². The lowest BCUT2D eigenvalue weighted by molar-refractivity contribution is -0.118. The normalized spacial score (nSPS) is 14.5. The second kappa shape index (κ2) is 12.2. The van der Waals surface area contributed by atoms with E-state index in [9.17, 15) is 9.59 Å². The molecule has 1 amide bonds. The van der Waals surface area contributed by atoms with Crippen LogP contribution in [0.15, 0.2) is 66.3 Å². The number of hydrogen-bond acceptors (Lipinski definition) is 8. The number of nitrogens with zero attached hydrogens (tertiary/aromatic N) is 2. The summed E-state index contributed by atoms with van der Waals surface area (Å²) in [6, 6.07) is 15.6. The van der Waals surface area contributed by atoms with Crippen molar-refractivity contribution in [2.45, 2.75) is 39.0 Å². The fourth-order valence-corrected chi connectivity index (χ4v) is 5.48. The third-order valence-corrected chi connectivity index (χ3v) is 7.64. The molecule has 1 atom stereocenters. The Labute approximate surface area is 247 Å². The Morgan fingerprint density at radius 3 is 2.51 bits per heavy atom. The zero-order valence-electron chi connectivity index (χ0n) is 23.0. The summed E-state index contributed by atoms with van der Waals surface area (Å²) >= 11 is 7.70. The largest absolute Gasteiger partial charge is 0.493 e. The standard InChI is InChI=1S/C31H29ClN2O6S/c1-18(2)40-28-14-24-21(12-27(28)37-3)13-29(35)34(30(24)19-5-8-22(32)9-6-19)25-10-7-20(31(36)38-4)11-26(25)39-16-23-15-33-17-41-23/h5-12,14-15,17-18,30H,13,16H2,1-4H3. The van der Waals surface area contributed by atoms with E-state index in [1.165, 1.54) is 18.4 Å². The molecule has 41 heavy (non-hydrogen) atoms. The topological polar surface area (TPSA) is 87.2 Å². The van der Waals surface area contributed by atoms with Crippen molar-refractivity contribution in [3.8, 4) is 17.2 Å². The van der Waals surface area contributed by atoms with Gasteiger partial charge in [0.25, 0.3) is 0 Å². The van der Waals surface area contributed by atoms with Crippen LogP contribution in [0.3, 0.4) is 0 Å². The van der Waals surface area contributed by atoms with Crippen molar-refractivity contribution in [2.75, 3.05) is 19.1 Å². The SMILES string of the molecule is COC(=O)c1ccc(N2C(=O)Cc3cc(OC)c(OC(C)C)cc3C2c2ccc(Cl)cc2)c(OCc2cncs2)c1. The Morgan fingerprint density at radius 1 is 1.07 bits per heavy atom. The Bertz CT molecular complexity index is 1560. The van der Waals surface area contributed by atoms with E-state index >= 15 is 0 Å². The first-order chi connectivity index (χ1) is 19.8. The number of carbonyl (C=O) groups excluding carboxylic acids is 2. The number of halogens is 1. The van der Waals surface area contributed by atoms with Crippen molar-refractivity contribution in [2.24, 2.45) is 0 Å². The minimum atomic E-state index is -0.543. The van der Waals surface area contributed by atoms with Crippen molar-refractivity contribution in [3.63, 3.8) is 0 Å². The number of thiazole rings is 1. The van der Waals surface area contributed by atoms with E-state index in [4.69, 9.17) is 30.5 Å². The highest BCUT2D eigenvalue weighted by molar-refractivity contribution is 7.09. The Morgan fingerprint density at radius 2 is 1.85 bits per heavy atom. The van der Waals surface area contributed by atoms with Crippen LogP contribution in [0.4, 0.5) is 5.69 Å². The number of hydrogen-bond donors (Lipinski definition) is 0. The number of benzene rings is 3. The van der Waals surface area contributed by atoms with Gasteiger partial charge in [0.05, 0.1) is 54.4 Å². The maximum Gasteiger partial charge on any atom is 0.337 e. The number of methoxy groups -OCH3 is 2. The summed E-state index contributed by atoms with van der Waals surface area (Å²) in [7, 11) is 2.90. The molecule has 3 aromatic carbocycles. The van der Waals surface area contributed by atoms with Gasteiger partial charge in [0.15, 0.2) is 11.5 Å². The van der Waals surface area contributed by atoms with Gasteiger partial charge in [-0.1, -0.05) is 23.7 Å². The predicted octanol–water partition coefficient (Wildman–Crippen LogP) is 6.64. The number of ether oxygens (including phenoxy) is 4. The highest BCUT2D eigenvalue weighted by Crippen LogP contribution is 2.46. The molecule has 1 unspecified atom stereocenters. The monoisotopic (exact) mass is 592 g/mol. The van der Waals surface area contributed by atoms with Gasteiger partial charge in [-0.15, -0.1) is 11.3 Å². The molecule has 1 aromatic heterocycles. The van der Waals surface area contributed by atoms with E-state index < -0.39 is 12.0 Å². The Hall–Kier alpha value is -4.08. The first-order valence-corrected chi connectivity index (χ1v) is 14.2. The van der Waals surface area contributed by atoms with Crippen LogP contribution in [0.5, 0.6) is 17.2 Å². The number of anilines is 1. The van der Waals surface area contributed by atoms with Crippen molar-refractivity contribution < 1.29 is 28.5 Å². The van der Waals surface area contributed by atoms with Gasteiger partial charge in [0.2, 0.25) is 5.91 Å². The lowest BCUT2D eigenvalue weighted by atomic mass is 9.86. The zero-order valence-corrected chi connectivity index (χ0v) is 24.6. The summed E-state index contributed by atoms with van der Waals surface area (Å²) in [5, 5.41) is 0.581. The third-order valence-electron chi connectivity index (χ3n) is 6.63. The molecule has 8 nitrogen and oxygen atoms in total. The molecule has 0 N–H and O–H groups in total. The van der Waals surface area contributed by atoms with Crippen molar-refractivity contribution in [3.05, 3.63) is 98.5 Å². The summed E-state index contributed by atoms with van der Waals surface area (Å²) in [5.74, 6) is 0.850. The van der Waals surface area contributed by atoms with Crippen LogP contribution < -0.4 is 19.1 Å². The lowest BCUT2D eigenvalue weighted by Crippen LogP contribution is -2.41. The maximum absolute atomic E-state index is 14.0. The first-order valence-electron chi connectivity index (χ1n) is 13.0. The second-order valence-corrected chi connectivity index (χ2v) is 11.1. The minimum Gasteiger partial charge on any atom is -0.493 e. The van der Waals surface area contributed by atoms with Crippen LogP contribution in [0.1, 0.15) is 51.8 Å². The van der Waals surface area contributed by atoms with Gasteiger partial charge >= 0.3 is 5.97 Å². The molecule has 1 aliphatic rings. The van der Waals surface area contributed by atoms with Gasteiger partial charge < -0.3 is 18.9 Å². The van der Waals surface area contributed by atoms with Gasteiger partial charge in [-0.2, -0.15) is 0 Å². The number of rotatable bonds is 9. The quantitative estimate of drug-likeness (QED) is 0.201. The summed E-state index contributed by atoms with van der Waals surface area (Å²) in [6.45, 7) is 4.11. The molecule has 0 fully saturated rings. The lowest BCUT2D eigenvalue weighted by Gasteiger charge is -2.39. The smallest absolute Gasteiger partial charge is 0.337 e. The van der Waals surface area contributed by atoms with E-state index in [1.54, 1.807) is 54.0 Å². The highest BCUT2D eigenvalue weighted by atomic mass is 35.5. The molecule has 0 radical (unpaired) electrons. The molecule has 0 aliphatic carbocycles. The van der Waals surface area contributed by atoms with Gasteiger partial charge in [-0.05, 0) is 73.0 Å². The summed E-state index contributed by atoms with van der Waals surface area (Å²) < 4.78 is 22.9. The molecule has 4 aromatic rings. The van der Waals surface area contributed by atoms with Gasteiger partial charge in [0.1, 0.15) is 12.4 Å². The Balaban J connectivity index is 1.68. The van der Waals surface area contributed by atoms with Crippen molar-refractivity contribution >= 4 is 40.5 Å². The fraction of sp³-hybridized carbons (Fsp3) is 0.258. The number of fused-ring (bicyclic) bond motifs is 1. The molecule has 212 valence electrons. The summed E-state index contributed by atoms with van der Waals surface area (Å²) in [4.78, 5) is 33.1. The van der Waals surface area contributed by atoms with Crippen molar-refractivity contribution in [1.82, 2.24) is 4.98 Å². The number of amides is 1. The van der Waals surface area contributed by atoms with E-state index in [2.05, 4.69) is 4.98 Å². The van der Waals surface area contributed by atoms with Gasteiger partial charge in [-0.25, -0.2) is 4.79 Å². The number of aromatic nitrogens is 1. The predicted molar refractivity (Wildman–Crippen MR) is 157 cm³/mol. The summed E-state index contributed by atoms with van der Waals surface area (Å²) in [5.41, 5.74) is 5.10. The molecule has 0 saturated carbocycles. The van der Waals surface area contributed by atoms with Crippen LogP contribution >= 0.6 is 22.9 Å². The molecular formula is C31H29ClN2O6S. The second-order valence-electron chi connectivity index (χ2n) is 9.69. The van der Waals surface area contributed by atoms with E-state index in [1.807, 2.05) is 38.1 Å². The number of carbonyl (C=O) groups is 2. The molecule has 10 heteroatoms. The summed E-state index contributed by atoms with van der Waals surface area (Å²) in [6.07, 6.45) is 1.76. The van der Waals surface area contributed by atoms with E-state index in [-0.39, 0.29) is 25.0 Å².